The molecular weight excluding hydrogens is 521 g/mol. The Labute approximate surface area is 258 Å². The zero-order valence-electron chi connectivity index (χ0n) is 28.2. The predicted molar refractivity (Wildman–Crippen MR) is 187 cm³/mol. The third-order valence-corrected chi connectivity index (χ3v) is 9.86. The Morgan fingerprint density at radius 1 is 0.512 bits per heavy atom. The molecule has 0 saturated carbocycles. The van der Waals surface area contributed by atoms with Gasteiger partial charge in [0.2, 0.25) is 0 Å². The predicted octanol–water partition coefficient (Wildman–Crippen LogP) is 8.91. The first kappa shape index (κ1) is 28.3. The molecule has 5 aromatic rings. The highest BCUT2D eigenvalue weighted by molar-refractivity contribution is 6.99. The molecule has 0 bridgehead atoms. The monoisotopic (exact) mass is 567 g/mol. The van der Waals surface area contributed by atoms with Gasteiger partial charge < -0.3 is 9.30 Å². The Bertz CT molecular complexity index is 1980. The second kappa shape index (κ2) is 8.59. The summed E-state index contributed by atoms with van der Waals surface area (Å²) in [6.45, 7) is 27.9. The maximum Gasteiger partial charge on any atom is 0.256 e. The number of rotatable bonds is 0. The minimum absolute atomic E-state index is 0.0151. The van der Waals surface area contributed by atoms with Gasteiger partial charge in [-0.15, -0.1) is 0 Å². The van der Waals surface area contributed by atoms with Gasteiger partial charge in [-0.3, -0.25) is 0 Å². The van der Waals surface area contributed by atoms with Gasteiger partial charge in [0.1, 0.15) is 11.5 Å². The first-order valence-electron chi connectivity index (χ1n) is 16.0. The standard InChI is InChI=1S/C40H46BNO/c1-37(2,3)23-13-15-31-27(17-23)28-18-25(39(7,8)9)20-30-36(28)42(31)32-21-26(40(10,11)12)22-34-35(32)41(30)29-19-24(38(4,5)6)14-16-33(29)43-34/h13-22H,1-12H3. The van der Waals surface area contributed by atoms with E-state index < -0.39 is 0 Å². The van der Waals surface area contributed by atoms with Crippen LogP contribution < -0.4 is 21.1 Å². The third-order valence-electron chi connectivity index (χ3n) is 9.86. The van der Waals surface area contributed by atoms with E-state index in [4.69, 9.17) is 4.74 Å². The van der Waals surface area contributed by atoms with E-state index in [1.54, 1.807) is 0 Å². The summed E-state index contributed by atoms with van der Waals surface area (Å²) < 4.78 is 9.44. The lowest BCUT2D eigenvalue weighted by molar-refractivity contribution is 0.482. The first-order valence-corrected chi connectivity index (χ1v) is 16.0. The number of nitrogens with zero attached hydrogens (tertiary/aromatic N) is 1. The first-order chi connectivity index (χ1) is 19.8. The van der Waals surface area contributed by atoms with Crippen molar-refractivity contribution in [2.24, 2.45) is 0 Å². The molecule has 2 nitrogen and oxygen atoms in total. The molecule has 0 radical (unpaired) electrons. The molecule has 0 N–H and O–H groups in total. The van der Waals surface area contributed by atoms with Crippen LogP contribution in [0.2, 0.25) is 0 Å². The highest BCUT2D eigenvalue weighted by atomic mass is 16.5. The molecule has 4 aromatic carbocycles. The van der Waals surface area contributed by atoms with Crippen LogP contribution in [0.4, 0.5) is 0 Å². The van der Waals surface area contributed by atoms with Gasteiger partial charge in [-0.1, -0.05) is 107 Å². The SMILES string of the molecule is CC(C)(C)c1ccc2c(c1)B1c3c(cc(C(C)(C)C)cc3-n3c4ccc(C(C)(C)C)cc4c4cc(C(C)(C)C)cc1c43)O2. The summed E-state index contributed by atoms with van der Waals surface area (Å²) in [5, 5.41) is 2.70. The van der Waals surface area contributed by atoms with E-state index in [0.717, 1.165) is 11.5 Å². The molecule has 0 unspecified atom stereocenters. The Hall–Kier alpha value is -3.46. The Morgan fingerprint density at radius 3 is 1.67 bits per heavy atom. The van der Waals surface area contributed by atoms with Crippen molar-refractivity contribution in [1.82, 2.24) is 4.57 Å². The minimum Gasteiger partial charge on any atom is -0.458 e. The van der Waals surface area contributed by atoms with Crippen LogP contribution in [0.15, 0.2) is 60.7 Å². The highest BCUT2D eigenvalue weighted by Crippen LogP contribution is 2.42. The maximum absolute atomic E-state index is 6.88. The number of hydrogen-bond acceptors (Lipinski definition) is 1. The topological polar surface area (TPSA) is 14.2 Å². The summed E-state index contributed by atoms with van der Waals surface area (Å²) in [7, 11) is 0. The van der Waals surface area contributed by atoms with Gasteiger partial charge in [0.15, 0.2) is 0 Å². The molecule has 220 valence electrons. The van der Waals surface area contributed by atoms with Crippen molar-refractivity contribution in [2.75, 3.05) is 0 Å². The fourth-order valence-electron chi connectivity index (χ4n) is 7.08. The minimum atomic E-state index is -0.0153. The molecule has 2 aliphatic rings. The summed E-state index contributed by atoms with van der Waals surface area (Å²) >= 11 is 0. The van der Waals surface area contributed by atoms with E-state index >= 15 is 0 Å². The lowest BCUT2D eigenvalue weighted by Gasteiger charge is -2.36. The second-order valence-corrected chi connectivity index (χ2v) is 17.2. The molecule has 2 aliphatic heterocycles. The van der Waals surface area contributed by atoms with Gasteiger partial charge in [0.25, 0.3) is 6.71 Å². The highest BCUT2D eigenvalue weighted by Gasteiger charge is 2.42. The van der Waals surface area contributed by atoms with Crippen LogP contribution in [0.3, 0.4) is 0 Å². The van der Waals surface area contributed by atoms with Crippen LogP contribution in [0, 0.1) is 0 Å². The molecule has 0 fully saturated rings. The van der Waals surface area contributed by atoms with E-state index in [2.05, 4.69) is 148 Å². The van der Waals surface area contributed by atoms with Crippen LogP contribution in [0.5, 0.6) is 11.5 Å². The summed E-state index contributed by atoms with van der Waals surface area (Å²) in [6.07, 6.45) is 0. The average molecular weight is 568 g/mol. The molecular formula is C40H46BNO. The van der Waals surface area contributed by atoms with E-state index in [0.29, 0.717) is 0 Å². The van der Waals surface area contributed by atoms with Crippen molar-refractivity contribution in [2.45, 2.75) is 105 Å². The van der Waals surface area contributed by atoms with Crippen molar-refractivity contribution in [3.8, 4) is 17.2 Å². The lowest BCUT2D eigenvalue weighted by Crippen LogP contribution is -2.59. The molecule has 3 heteroatoms. The van der Waals surface area contributed by atoms with Gasteiger partial charge in [-0.25, -0.2) is 0 Å². The molecule has 0 atom stereocenters. The molecule has 0 aliphatic carbocycles. The quantitative estimate of drug-likeness (QED) is 0.167. The van der Waals surface area contributed by atoms with Crippen molar-refractivity contribution >= 4 is 44.9 Å². The number of ether oxygens (including phenoxy) is 1. The number of aromatic nitrogens is 1. The normalized spacial score (nSPS) is 14.7. The molecule has 43 heavy (non-hydrogen) atoms. The smallest absolute Gasteiger partial charge is 0.256 e. The molecule has 0 spiro atoms. The second-order valence-electron chi connectivity index (χ2n) is 17.2. The number of benzene rings is 4. The maximum atomic E-state index is 6.88. The zero-order chi connectivity index (χ0) is 31.0. The number of fused-ring (bicyclic) bond motifs is 7. The van der Waals surface area contributed by atoms with E-state index in [9.17, 15) is 0 Å². The Balaban J connectivity index is 1.69. The van der Waals surface area contributed by atoms with Crippen LogP contribution >= 0.6 is 0 Å². The van der Waals surface area contributed by atoms with Crippen LogP contribution in [-0.2, 0) is 21.7 Å². The molecule has 0 amide bonds. The van der Waals surface area contributed by atoms with Crippen LogP contribution in [0.25, 0.3) is 27.5 Å². The van der Waals surface area contributed by atoms with Gasteiger partial charge in [-0.2, -0.15) is 0 Å². The molecule has 0 saturated heterocycles. The molecule has 7 rings (SSSR count). The number of hydrogen-bond donors (Lipinski definition) is 0. The molecule has 1 aromatic heterocycles. The zero-order valence-corrected chi connectivity index (χ0v) is 28.2. The van der Waals surface area contributed by atoms with E-state index in [1.165, 1.54) is 66.1 Å². The van der Waals surface area contributed by atoms with Gasteiger partial charge in [0.05, 0.1) is 5.52 Å². The van der Waals surface area contributed by atoms with E-state index in [1.807, 2.05) is 0 Å². The van der Waals surface area contributed by atoms with Crippen molar-refractivity contribution < 1.29 is 4.74 Å². The summed E-state index contributed by atoms with van der Waals surface area (Å²) in [4.78, 5) is 0. The van der Waals surface area contributed by atoms with Crippen LogP contribution in [-0.4, -0.2) is 11.3 Å². The molecule has 3 heterocycles. The average Bonchev–Trinajstić information content (AvgIpc) is 3.22. The summed E-state index contributed by atoms with van der Waals surface area (Å²) in [5.74, 6) is 1.98. The lowest BCUT2D eigenvalue weighted by atomic mass is 9.34. The fraction of sp³-hybridized carbons (Fsp3) is 0.400. The Kier molecular flexibility index (Phi) is 5.66. The summed E-state index contributed by atoms with van der Waals surface area (Å²) in [5.41, 5.74) is 13.4. The van der Waals surface area contributed by atoms with E-state index in [-0.39, 0.29) is 28.4 Å². The van der Waals surface area contributed by atoms with Crippen LogP contribution in [0.1, 0.15) is 105 Å². The third kappa shape index (κ3) is 4.21. The largest absolute Gasteiger partial charge is 0.458 e. The van der Waals surface area contributed by atoms with Crippen molar-refractivity contribution in [3.05, 3.63) is 82.9 Å². The fourth-order valence-corrected chi connectivity index (χ4v) is 7.08. The van der Waals surface area contributed by atoms with Crippen molar-refractivity contribution in [1.29, 1.82) is 0 Å². The van der Waals surface area contributed by atoms with Gasteiger partial charge >= 0.3 is 0 Å². The van der Waals surface area contributed by atoms with Crippen molar-refractivity contribution in [3.63, 3.8) is 0 Å². The van der Waals surface area contributed by atoms with Gasteiger partial charge in [-0.05, 0) is 96.7 Å². The summed E-state index contributed by atoms with van der Waals surface area (Å²) in [6, 6.07) is 23.8. The van der Waals surface area contributed by atoms with Gasteiger partial charge in [0, 0.05) is 22.0 Å². The Morgan fingerprint density at radius 2 is 1.05 bits per heavy atom.